The fourth-order valence-corrected chi connectivity index (χ4v) is 4.78. The number of aryl methyl sites for hydroxylation is 1. The van der Waals surface area contributed by atoms with Crippen molar-refractivity contribution in [2.75, 3.05) is 11.5 Å². The predicted molar refractivity (Wildman–Crippen MR) is 93.1 cm³/mol. The molecule has 3 unspecified atom stereocenters. The van der Waals surface area contributed by atoms with Crippen molar-refractivity contribution >= 4 is 5.69 Å². The first-order valence-electron chi connectivity index (χ1n) is 9.36. The van der Waals surface area contributed by atoms with E-state index in [0.717, 1.165) is 0 Å². The van der Waals surface area contributed by atoms with Crippen molar-refractivity contribution in [2.45, 2.75) is 64.1 Å². The van der Waals surface area contributed by atoms with Crippen LogP contribution in [0.15, 0.2) is 36.4 Å². The van der Waals surface area contributed by atoms with E-state index in [-0.39, 0.29) is 12.2 Å². The van der Waals surface area contributed by atoms with Crippen molar-refractivity contribution in [1.29, 1.82) is 0 Å². The average molecular weight is 297 g/mol. The molecule has 1 saturated heterocycles. The Morgan fingerprint density at radius 2 is 1.95 bits per heavy atom. The summed E-state index contributed by atoms with van der Waals surface area (Å²) in [6.07, 6.45) is 10.1. The van der Waals surface area contributed by atoms with Crippen molar-refractivity contribution in [1.82, 2.24) is 4.90 Å². The van der Waals surface area contributed by atoms with E-state index in [1.54, 1.807) is 0 Å². The molecule has 4 rings (SSSR count). The second-order valence-corrected chi connectivity index (χ2v) is 7.51. The first-order valence-corrected chi connectivity index (χ1v) is 8.78. The van der Waals surface area contributed by atoms with E-state index in [2.05, 4.69) is 67.0 Å². The molecule has 0 radical (unpaired) electrons. The van der Waals surface area contributed by atoms with Gasteiger partial charge in [0.1, 0.15) is 0 Å². The van der Waals surface area contributed by atoms with Crippen LogP contribution in [0.2, 0.25) is 0 Å². The van der Waals surface area contributed by atoms with Crippen LogP contribution in [0.1, 0.15) is 46.5 Å². The molecule has 22 heavy (non-hydrogen) atoms. The molecule has 1 saturated carbocycles. The first-order chi connectivity index (χ1) is 11.0. The molecular formula is C20H28N2. The molecule has 118 valence electrons. The molecule has 4 atom stereocenters. The normalized spacial score (nSPS) is 39.5. The third-order valence-electron chi connectivity index (χ3n) is 6.27. The number of hydrogen-bond acceptors (Lipinski definition) is 2. The summed E-state index contributed by atoms with van der Waals surface area (Å²) in [6, 6.07) is 9.22. The van der Waals surface area contributed by atoms with Crippen molar-refractivity contribution in [3.63, 3.8) is 0 Å². The Kier molecular flexibility index (Phi) is 3.07. The van der Waals surface area contributed by atoms with Gasteiger partial charge >= 0.3 is 0 Å². The molecule has 2 heteroatoms. The Bertz CT molecular complexity index is 622. The van der Waals surface area contributed by atoms with Gasteiger partial charge in [-0.1, -0.05) is 43.2 Å². The number of anilines is 1. The zero-order chi connectivity index (χ0) is 16.2. The Balaban J connectivity index is 1.70. The van der Waals surface area contributed by atoms with Gasteiger partial charge in [-0.15, -0.1) is 0 Å². The van der Waals surface area contributed by atoms with Crippen molar-refractivity contribution in [3.8, 4) is 0 Å². The Morgan fingerprint density at radius 1 is 1.23 bits per heavy atom. The fraction of sp³-hybridized carbons (Fsp3) is 0.600. The molecule has 0 bridgehead atoms. The second-order valence-electron chi connectivity index (χ2n) is 7.51. The van der Waals surface area contributed by atoms with Gasteiger partial charge in [0, 0.05) is 17.3 Å². The molecule has 1 aromatic rings. The Labute approximate surface area is 136 Å². The predicted octanol–water partition coefficient (Wildman–Crippen LogP) is 4.35. The summed E-state index contributed by atoms with van der Waals surface area (Å²) in [5, 5.41) is 0. The van der Waals surface area contributed by atoms with Crippen LogP contribution >= 0.6 is 0 Å². The summed E-state index contributed by atoms with van der Waals surface area (Å²) in [5.41, 5.74) is 2.54. The van der Waals surface area contributed by atoms with Crippen LogP contribution in [-0.2, 0) is 0 Å². The van der Waals surface area contributed by atoms with Gasteiger partial charge < -0.3 is 4.90 Å². The van der Waals surface area contributed by atoms with Gasteiger partial charge in [0.25, 0.3) is 0 Å². The van der Waals surface area contributed by atoms with E-state index >= 15 is 0 Å². The average Bonchev–Trinajstić information content (AvgIpc) is 3.22. The maximum Gasteiger partial charge on any atom is 0.0724 e. The van der Waals surface area contributed by atoms with Crippen LogP contribution in [0.4, 0.5) is 5.69 Å². The van der Waals surface area contributed by atoms with E-state index in [1.165, 1.54) is 36.9 Å². The minimum atomic E-state index is -0.295. The minimum Gasteiger partial charge on any atom is -0.354 e. The van der Waals surface area contributed by atoms with Crippen molar-refractivity contribution in [3.05, 3.63) is 42.0 Å². The molecule has 1 aromatic carbocycles. The molecule has 2 aliphatic heterocycles. The van der Waals surface area contributed by atoms with Crippen LogP contribution in [-0.4, -0.2) is 29.2 Å². The lowest BCUT2D eigenvalue weighted by molar-refractivity contribution is 0.110. The number of para-hydroxylation sites is 1. The number of fused-ring (bicyclic) bond motifs is 1. The molecule has 1 aliphatic carbocycles. The van der Waals surface area contributed by atoms with Gasteiger partial charge in [0.05, 0.1) is 14.1 Å². The van der Waals surface area contributed by atoms with Gasteiger partial charge in [0.2, 0.25) is 0 Å². The highest BCUT2D eigenvalue weighted by molar-refractivity contribution is 5.55. The molecule has 2 fully saturated rings. The summed E-state index contributed by atoms with van der Waals surface area (Å²) in [7, 11) is 0. The lowest BCUT2D eigenvalue weighted by atomic mass is 9.84. The zero-order valence-corrected chi connectivity index (χ0v) is 14.0. The standard InChI is InChI=1S/C20H28N2/c1-15-8-4-7-11-18(15)21-14-22-19(16(21)2)12-13-20(22,3)17-9-5-6-10-17/h4,7-8,11-13,16-17,19H,5-6,9-10,14H2,1-3H3/t16-,19?,20?/m0/s1/i14D/t14?,16-,19?,20?. The van der Waals surface area contributed by atoms with E-state index in [1.807, 2.05) is 0 Å². The number of benzene rings is 1. The summed E-state index contributed by atoms with van der Waals surface area (Å²) < 4.78 is 9.01. The Hall–Kier alpha value is -1.28. The maximum atomic E-state index is 9.01. The fourth-order valence-electron chi connectivity index (χ4n) is 4.78. The first kappa shape index (κ1) is 13.2. The third-order valence-corrected chi connectivity index (χ3v) is 6.27. The summed E-state index contributed by atoms with van der Waals surface area (Å²) in [5.74, 6) is 0.709. The molecule has 0 spiro atoms. The molecule has 2 nitrogen and oxygen atoms in total. The molecule has 0 N–H and O–H groups in total. The van der Waals surface area contributed by atoms with Gasteiger partial charge in [-0.3, -0.25) is 4.90 Å². The molecule has 0 aromatic heterocycles. The summed E-state index contributed by atoms with van der Waals surface area (Å²) >= 11 is 0. The van der Waals surface area contributed by atoms with Gasteiger partial charge in [-0.2, -0.15) is 0 Å². The highest BCUT2D eigenvalue weighted by Crippen LogP contribution is 2.46. The number of hydrogen-bond donors (Lipinski definition) is 0. The maximum absolute atomic E-state index is 9.01. The largest absolute Gasteiger partial charge is 0.354 e. The molecule has 3 aliphatic rings. The summed E-state index contributed by atoms with van der Waals surface area (Å²) in [6.45, 7) is 6.51. The molecular weight excluding hydrogens is 268 g/mol. The van der Waals surface area contributed by atoms with Crippen LogP contribution in [0.25, 0.3) is 0 Å². The van der Waals surface area contributed by atoms with Crippen LogP contribution in [0.3, 0.4) is 0 Å². The summed E-state index contributed by atoms with van der Waals surface area (Å²) in [4.78, 5) is 4.79. The minimum absolute atomic E-state index is 0.0548. The number of rotatable bonds is 2. The Morgan fingerprint density at radius 3 is 2.68 bits per heavy atom. The number of nitrogens with zero attached hydrogens (tertiary/aromatic N) is 2. The molecule has 2 heterocycles. The topological polar surface area (TPSA) is 6.48 Å². The van der Waals surface area contributed by atoms with E-state index in [9.17, 15) is 0 Å². The van der Waals surface area contributed by atoms with Crippen LogP contribution in [0, 0.1) is 12.8 Å². The highest BCUT2D eigenvalue weighted by atomic mass is 15.4. The molecule has 0 amide bonds. The SMILES string of the molecule is [2H]C1N(c2ccccc2C)[C@@H](C)C2C=CC(C)(C3CCCC3)N21. The zero-order valence-electron chi connectivity index (χ0n) is 15.0. The third kappa shape index (κ3) is 1.96. The van der Waals surface area contributed by atoms with Crippen molar-refractivity contribution < 1.29 is 1.37 Å². The van der Waals surface area contributed by atoms with Crippen molar-refractivity contribution in [2.24, 2.45) is 5.92 Å². The quantitative estimate of drug-likeness (QED) is 0.749. The van der Waals surface area contributed by atoms with Gasteiger partial charge in [-0.25, -0.2) is 0 Å². The van der Waals surface area contributed by atoms with Crippen LogP contribution in [0.5, 0.6) is 0 Å². The van der Waals surface area contributed by atoms with Gasteiger partial charge in [-0.05, 0) is 51.2 Å². The van der Waals surface area contributed by atoms with E-state index in [4.69, 9.17) is 1.37 Å². The van der Waals surface area contributed by atoms with E-state index in [0.29, 0.717) is 18.0 Å². The van der Waals surface area contributed by atoms with E-state index < -0.39 is 0 Å². The smallest absolute Gasteiger partial charge is 0.0724 e. The van der Waals surface area contributed by atoms with Crippen LogP contribution < -0.4 is 4.90 Å². The monoisotopic (exact) mass is 297 g/mol. The van der Waals surface area contributed by atoms with Gasteiger partial charge in [0.15, 0.2) is 0 Å². The lowest BCUT2D eigenvalue weighted by Gasteiger charge is -2.39. The highest BCUT2D eigenvalue weighted by Gasteiger charge is 2.51. The second kappa shape index (κ2) is 5.13. The lowest BCUT2D eigenvalue weighted by Crippen LogP contribution is -2.48.